The fraction of sp³-hybridized carbons (Fsp3) is 0.161. The molecule has 6 aromatic rings. The molecule has 0 spiro atoms. The fourth-order valence-electron chi connectivity index (χ4n) is 4.68. The number of nitrogens with zero attached hydrogens (tertiary/aromatic N) is 2. The number of thiazole rings is 1. The number of hydrogen-bond acceptors (Lipinski definition) is 5. The van der Waals surface area contributed by atoms with Crippen LogP contribution in [0.15, 0.2) is 76.0 Å². The molecule has 0 saturated heterocycles. The van der Waals surface area contributed by atoms with Crippen molar-refractivity contribution in [3.63, 3.8) is 0 Å². The van der Waals surface area contributed by atoms with E-state index < -0.39 is 0 Å². The predicted molar refractivity (Wildman–Crippen MR) is 159 cm³/mol. The van der Waals surface area contributed by atoms with E-state index in [0.717, 1.165) is 37.8 Å². The number of benzene rings is 4. The first-order valence-electron chi connectivity index (χ1n) is 12.4. The van der Waals surface area contributed by atoms with Crippen molar-refractivity contribution in [3.05, 3.63) is 108 Å². The quantitative estimate of drug-likeness (QED) is 0.212. The number of aromatic nitrogens is 2. The lowest BCUT2D eigenvalue weighted by molar-refractivity contribution is 0.270. The molecule has 0 N–H and O–H groups in total. The van der Waals surface area contributed by atoms with Crippen LogP contribution in [0, 0.1) is 13.8 Å². The molecule has 38 heavy (non-hydrogen) atoms. The van der Waals surface area contributed by atoms with Crippen LogP contribution in [0.2, 0.25) is 0 Å². The van der Waals surface area contributed by atoms with Crippen LogP contribution in [0.3, 0.4) is 0 Å². The van der Waals surface area contributed by atoms with Gasteiger partial charge in [0.05, 0.1) is 22.2 Å². The molecule has 2 heterocycles. The van der Waals surface area contributed by atoms with Crippen LogP contribution in [0.4, 0.5) is 0 Å². The van der Waals surface area contributed by atoms with Crippen LogP contribution in [-0.4, -0.2) is 16.0 Å². The lowest BCUT2D eigenvalue weighted by Gasteiger charge is -2.15. The van der Waals surface area contributed by atoms with Gasteiger partial charge in [0.2, 0.25) is 0 Å². The van der Waals surface area contributed by atoms with Crippen molar-refractivity contribution in [2.24, 2.45) is 0 Å². The minimum atomic E-state index is -0.0723. The third-order valence-corrected chi connectivity index (χ3v) is 8.42. The molecule has 0 saturated carbocycles. The van der Waals surface area contributed by atoms with Crippen molar-refractivity contribution in [2.45, 2.75) is 27.4 Å². The summed E-state index contributed by atoms with van der Waals surface area (Å²) < 4.78 is 15.3. The molecule has 0 unspecified atom stereocenters. The second kappa shape index (κ2) is 9.89. The molecule has 5 nitrogen and oxygen atoms in total. The lowest BCUT2D eigenvalue weighted by atomic mass is 10.1. The highest BCUT2D eigenvalue weighted by Crippen LogP contribution is 2.35. The zero-order chi connectivity index (χ0) is 26.4. The summed E-state index contributed by atoms with van der Waals surface area (Å²) in [5, 5.41) is 2.35. The van der Waals surface area contributed by atoms with E-state index in [9.17, 15) is 4.79 Å². The zero-order valence-corrected chi connectivity index (χ0v) is 23.7. The Bertz CT molecular complexity index is 1950. The third-order valence-electron chi connectivity index (χ3n) is 6.77. The van der Waals surface area contributed by atoms with Crippen molar-refractivity contribution in [1.29, 1.82) is 0 Å². The Morgan fingerprint density at radius 1 is 0.974 bits per heavy atom. The van der Waals surface area contributed by atoms with E-state index in [2.05, 4.69) is 47.1 Å². The van der Waals surface area contributed by atoms with Gasteiger partial charge in [0.15, 0.2) is 16.5 Å². The lowest BCUT2D eigenvalue weighted by Crippen LogP contribution is -2.22. The monoisotopic (exact) mass is 584 g/mol. The number of rotatable bonds is 6. The van der Waals surface area contributed by atoms with Gasteiger partial charge in [-0.15, -0.1) is 0 Å². The molecule has 0 aliphatic rings. The highest BCUT2D eigenvalue weighted by atomic mass is 79.9. The number of hydrogen-bond donors (Lipinski definition) is 0. The van der Waals surface area contributed by atoms with Gasteiger partial charge in [-0.2, -0.15) is 0 Å². The van der Waals surface area contributed by atoms with Crippen LogP contribution >= 0.6 is 27.3 Å². The van der Waals surface area contributed by atoms with Gasteiger partial charge < -0.3 is 9.47 Å². The Kier molecular flexibility index (Phi) is 6.41. The molecule has 190 valence electrons. The number of fused-ring (bicyclic) bond motifs is 4. The first-order chi connectivity index (χ1) is 18.4. The summed E-state index contributed by atoms with van der Waals surface area (Å²) in [6.45, 7) is 6.96. The van der Waals surface area contributed by atoms with Gasteiger partial charge in [-0.05, 0) is 84.1 Å². The first-order valence-corrected chi connectivity index (χ1v) is 14.0. The SMILES string of the molecule is CCOc1cc(/C=c2\sc3nc4cc(C)c(C)cc4n3c2=O)c(Br)cc1OCc1cccc2ccccc12. The number of ether oxygens (including phenoxy) is 2. The second-order valence-corrected chi connectivity index (χ2v) is 11.1. The maximum absolute atomic E-state index is 13.4. The van der Waals surface area contributed by atoms with Gasteiger partial charge in [-0.1, -0.05) is 69.7 Å². The van der Waals surface area contributed by atoms with Crippen molar-refractivity contribution < 1.29 is 9.47 Å². The van der Waals surface area contributed by atoms with E-state index >= 15 is 0 Å². The van der Waals surface area contributed by atoms with Crippen LogP contribution in [0.5, 0.6) is 11.5 Å². The largest absolute Gasteiger partial charge is 0.490 e. The Labute approximate surface area is 232 Å². The Hall–Kier alpha value is -3.68. The molecular formula is C31H25BrN2O3S. The predicted octanol–water partition coefficient (Wildman–Crippen LogP) is 6.97. The van der Waals surface area contributed by atoms with Crippen molar-refractivity contribution >= 4 is 60.1 Å². The smallest absolute Gasteiger partial charge is 0.274 e. The normalized spacial score (nSPS) is 12.2. The van der Waals surface area contributed by atoms with Gasteiger partial charge in [-0.25, -0.2) is 9.38 Å². The summed E-state index contributed by atoms with van der Waals surface area (Å²) in [6.07, 6.45) is 1.88. The van der Waals surface area contributed by atoms with E-state index in [0.29, 0.717) is 34.2 Å². The molecule has 0 bridgehead atoms. The average molecular weight is 586 g/mol. The van der Waals surface area contributed by atoms with Gasteiger partial charge in [0, 0.05) is 4.47 Å². The van der Waals surface area contributed by atoms with Gasteiger partial charge in [-0.3, -0.25) is 4.79 Å². The topological polar surface area (TPSA) is 52.8 Å². The minimum Gasteiger partial charge on any atom is -0.490 e. The Balaban J connectivity index is 1.38. The molecule has 0 aliphatic carbocycles. The van der Waals surface area contributed by atoms with Crippen LogP contribution in [0.25, 0.3) is 32.8 Å². The molecule has 7 heteroatoms. The average Bonchev–Trinajstić information content (AvgIpc) is 3.40. The molecule has 0 radical (unpaired) electrons. The molecule has 0 fully saturated rings. The van der Waals surface area contributed by atoms with Gasteiger partial charge >= 0.3 is 0 Å². The summed E-state index contributed by atoms with van der Waals surface area (Å²) >= 11 is 5.07. The summed E-state index contributed by atoms with van der Waals surface area (Å²) in [5.41, 5.74) is 5.86. The first kappa shape index (κ1) is 24.6. The number of aryl methyl sites for hydroxylation is 2. The third kappa shape index (κ3) is 4.36. The Morgan fingerprint density at radius 2 is 1.74 bits per heavy atom. The number of imidazole rings is 1. The van der Waals surface area contributed by atoms with Gasteiger partial charge in [0.25, 0.3) is 5.56 Å². The summed E-state index contributed by atoms with van der Waals surface area (Å²) in [7, 11) is 0. The fourth-order valence-corrected chi connectivity index (χ4v) is 6.09. The Morgan fingerprint density at radius 3 is 2.58 bits per heavy atom. The highest BCUT2D eigenvalue weighted by molar-refractivity contribution is 9.10. The van der Waals surface area contributed by atoms with E-state index in [1.165, 1.54) is 22.1 Å². The van der Waals surface area contributed by atoms with E-state index in [1.807, 2.05) is 62.4 Å². The molecule has 0 amide bonds. The molecule has 2 aromatic heterocycles. The summed E-state index contributed by atoms with van der Waals surface area (Å²) in [6, 6.07) is 22.4. The van der Waals surface area contributed by atoms with Crippen molar-refractivity contribution in [2.75, 3.05) is 6.61 Å². The minimum absolute atomic E-state index is 0.0723. The van der Waals surface area contributed by atoms with E-state index in [-0.39, 0.29) is 5.56 Å². The number of halogens is 1. The molecule has 0 aliphatic heterocycles. The van der Waals surface area contributed by atoms with Crippen molar-refractivity contribution in [1.82, 2.24) is 9.38 Å². The van der Waals surface area contributed by atoms with Crippen molar-refractivity contribution in [3.8, 4) is 11.5 Å². The maximum Gasteiger partial charge on any atom is 0.274 e. The van der Waals surface area contributed by atoms with Crippen LogP contribution < -0.4 is 19.6 Å². The van der Waals surface area contributed by atoms with E-state index in [4.69, 9.17) is 14.5 Å². The van der Waals surface area contributed by atoms with Crippen LogP contribution in [0.1, 0.15) is 29.2 Å². The second-order valence-electron chi connectivity index (χ2n) is 9.25. The zero-order valence-electron chi connectivity index (χ0n) is 21.2. The maximum atomic E-state index is 13.4. The van der Waals surface area contributed by atoms with E-state index in [1.54, 1.807) is 4.40 Å². The highest BCUT2D eigenvalue weighted by Gasteiger charge is 2.15. The summed E-state index contributed by atoms with van der Waals surface area (Å²) in [4.78, 5) is 18.8. The summed E-state index contributed by atoms with van der Waals surface area (Å²) in [5.74, 6) is 1.27. The van der Waals surface area contributed by atoms with Gasteiger partial charge in [0.1, 0.15) is 6.61 Å². The standard InChI is InChI=1S/C31H25BrN2O3S/c1-4-36-27-14-22(15-29-30(35)34-26-13-19(3)18(2)12-25(26)33-31(34)38-29)24(32)16-28(27)37-17-21-10-7-9-20-8-5-6-11-23(20)21/h5-16H,4,17H2,1-3H3/b29-15-. The molecule has 4 aromatic carbocycles. The molecular weight excluding hydrogens is 560 g/mol. The van der Waals surface area contributed by atoms with Crippen LogP contribution in [-0.2, 0) is 6.61 Å². The molecule has 6 rings (SSSR count). The molecule has 0 atom stereocenters.